The van der Waals surface area contributed by atoms with E-state index in [1.165, 1.54) is 11.3 Å². The molecule has 0 spiro atoms. The Morgan fingerprint density at radius 3 is 2.38 bits per heavy atom. The van der Waals surface area contributed by atoms with Crippen LogP contribution in [0.15, 0.2) is 66.0 Å². The molecule has 0 saturated carbocycles. The number of hydrogen-bond acceptors (Lipinski definition) is 4. The van der Waals surface area contributed by atoms with Crippen molar-refractivity contribution in [2.24, 2.45) is 0 Å². The Labute approximate surface area is 156 Å². The number of thiazole rings is 1. The van der Waals surface area contributed by atoms with Crippen LogP contribution in [0.5, 0.6) is 0 Å². The first kappa shape index (κ1) is 17.8. The third-order valence-electron chi connectivity index (χ3n) is 3.73. The predicted octanol–water partition coefficient (Wildman–Crippen LogP) is 3.96. The Morgan fingerprint density at radius 2 is 1.69 bits per heavy atom. The molecule has 0 radical (unpaired) electrons. The summed E-state index contributed by atoms with van der Waals surface area (Å²) < 4.78 is 0. The molecule has 0 aliphatic carbocycles. The van der Waals surface area contributed by atoms with Crippen molar-refractivity contribution < 1.29 is 9.59 Å². The molecule has 2 amide bonds. The highest BCUT2D eigenvalue weighted by Gasteiger charge is 2.14. The summed E-state index contributed by atoms with van der Waals surface area (Å²) in [5, 5.41) is 8.08. The van der Waals surface area contributed by atoms with Crippen LogP contribution in [0, 0.1) is 0 Å². The maximum atomic E-state index is 12.2. The van der Waals surface area contributed by atoms with Gasteiger partial charge in [-0.1, -0.05) is 48.5 Å². The van der Waals surface area contributed by atoms with Crippen molar-refractivity contribution in [2.45, 2.75) is 19.4 Å². The summed E-state index contributed by atoms with van der Waals surface area (Å²) in [6.45, 7) is 1.80. The third-order valence-corrected chi connectivity index (χ3v) is 4.48. The van der Waals surface area contributed by atoms with Gasteiger partial charge in [-0.2, -0.15) is 0 Å². The zero-order valence-corrected chi connectivity index (χ0v) is 15.1. The lowest BCUT2D eigenvalue weighted by molar-refractivity contribution is -0.116. The van der Waals surface area contributed by atoms with Crippen molar-refractivity contribution in [3.05, 3.63) is 71.6 Å². The minimum absolute atomic E-state index is 0.179. The summed E-state index contributed by atoms with van der Waals surface area (Å²) in [5.41, 5.74) is 2.41. The number of benzene rings is 2. The number of amides is 2. The van der Waals surface area contributed by atoms with Crippen LogP contribution in [0.25, 0.3) is 11.3 Å². The molecule has 0 aliphatic heterocycles. The van der Waals surface area contributed by atoms with Crippen molar-refractivity contribution in [1.82, 2.24) is 10.3 Å². The summed E-state index contributed by atoms with van der Waals surface area (Å²) in [6.07, 6.45) is 0.179. The largest absolute Gasteiger partial charge is 0.349 e. The van der Waals surface area contributed by atoms with Gasteiger partial charge in [0.1, 0.15) is 0 Å². The Morgan fingerprint density at radius 1 is 1.04 bits per heavy atom. The second kappa shape index (κ2) is 8.40. The molecule has 1 unspecified atom stereocenters. The molecule has 2 aromatic carbocycles. The van der Waals surface area contributed by atoms with Crippen molar-refractivity contribution >= 4 is 28.3 Å². The van der Waals surface area contributed by atoms with Gasteiger partial charge in [-0.3, -0.25) is 9.59 Å². The van der Waals surface area contributed by atoms with Crippen molar-refractivity contribution in [3.63, 3.8) is 0 Å². The van der Waals surface area contributed by atoms with Gasteiger partial charge in [-0.25, -0.2) is 4.98 Å². The van der Waals surface area contributed by atoms with E-state index in [-0.39, 0.29) is 24.3 Å². The fraction of sp³-hybridized carbons (Fsp3) is 0.150. The van der Waals surface area contributed by atoms with Crippen molar-refractivity contribution in [1.29, 1.82) is 0 Å². The second-order valence-electron chi connectivity index (χ2n) is 5.90. The van der Waals surface area contributed by atoms with E-state index >= 15 is 0 Å². The van der Waals surface area contributed by atoms with E-state index in [0.29, 0.717) is 10.7 Å². The fourth-order valence-corrected chi connectivity index (χ4v) is 3.20. The van der Waals surface area contributed by atoms with Crippen LogP contribution >= 0.6 is 11.3 Å². The molecule has 2 N–H and O–H groups in total. The summed E-state index contributed by atoms with van der Waals surface area (Å²) in [4.78, 5) is 28.7. The van der Waals surface area contributed by atoms with E-state index in [2.05, 4.69) is 15.6 Å². The van der Waals surface area contributed by atoms with Crippen LogP contribution in [0.3, 0.4) is 0 Å². The maximum Gasteiger partial charge on any atom is 0.251 e. The fourth-order valence-electron chi connectivity index (χ4n) is 2.47. The Bertz CT molecular complexity index is 878. The van der Waals surface area contributed by atoms with Gasteiger partial charge in [-0.15, -0.1) is 11.3 Å². The van der Waals surface area contributed by atoms with E-state index in [1.54, 1.807) is 31.2 Å². The molecule has 26 heavy (non-hydrogen) atoms. The predicted molar refractivity (Wildman–Crippen MR) is 104 cm³/mol. The molecule has 0 fully saturated rings. The third kappa shape index (κ3) is 4.77. The Hall–Kier alpha value is -2.99. The molecule has 5 nitrogen and oxygen atoms in total. The minimum atomic E-state index is -0.281. The molecule has 3 rings (SSSR count). The zero-order valence-electron chi connectivity index (χ0n) is 14.3. The number of nitrogens with zero attached hydrogens (tertiary/aromatic N) is 1. The molecular formula is C20H19N3O2S. The quantitative estimate of drug-likeness (QED) is 0.695. The molecular weight excluding hydrogens is 346 g/mol. The Kier molecular flexibility index (Phi) is 5.76. The number of hydrogen-bond donors (Lipinski definition) is 2. The minimum Gasteiger partial charge on any atom is -0.349 e. The lowest BCUT2D eigenvalue weighted by Gasteiger charge is -2.13. The van der Waals surface area contributed by atoms with Crippen LogP contribution < -0.4 is 10.6 Å². The molecule has 0 saturated heterocycles. The van der Waals surface area contributed by atoms with Gasteiger partial charge in [0.25, 0.3) is 5.91 Å². The number of aromatic nitrogens is 1. The van der Waals surface area contributed by atoms with Gasteiger partial charge in [0.2, 0.25) is 5.91 Å². The number of rotatable bonds is 6. The van der Waals surface area contributed by atoms with Crippen LogP contribution in [0.4, 0.5) is 5.13 Å². The van der Waals surface area contributed by atoms with Crippen LogP contribution in [-0.2, 0) is 4.79 Å². The highest BCUT2D eigenvalue weighted by atomic mass is 32.1. The van der Waals surface area contributed by atoms with E-state index < -0.39 is 0 Å². The van der Waals surface area contributed by atoms with Gasteiger partial charge in [0.05, 0.1) is 5.69 Å². The summed E-state index contributed by atoms with van der Waals surface area (Å²) in [6, 6.07) is 18.5. The first-order chi connectivity index (χ1) is 12.6. The van der Waals surface area contributed by atoms with E-state index in [4.69, 9.17) is 0 Å². The zero-order chi connectivity index (χ0) is 18.4. The summed E-state index contributed by atoms with van der Waals surface area (Å²) >= 11 is 1.38. The molecule has 1 heterocycles. The standard InChI is InChI=1S/C20H19N3O2S/c1-14(21-19(25)16-10-6-3-7-11-16)12-18(24)23-20-22-17(13-26-20)15-8-4-2-5-9-15/h2-11,13-14H,12H2,1H3,(H,21,25)(H,22,23,24). The molecule has 1 aromatic heterocycles. The monoisotopic (exact) mass is 365 g/mol. The average Bonchev–Trinajstić information content (AvgIpc) is 3.11. The normalized spacial score (nSPS) is 11.6. The summed E-state index contributed by atoms with van der Waals surface area (Å²) in [7, 11) is 0. The van der Waals surface area contributed by atoms with Gasteiger partial charge in [0, 0.05) is 29.0 Å². The maximum absolute atomic E-state index is 12.2. The first-order valence-electron chi connectivity index (χ1n) is 8.28. The average molecular weight is 365 g/mol. The number of nitrogens with one attached hydrogen (secondary N) is 2. The highest BCUT2D eigenvalue weighted by molar-refractivity contribution is 7.14. The number of carbonyl (C=O) groups is 2. The number of carbonyl (C=O) groups excluding carboxylic acids is 2. The van der Waals surface area contributed by atoms with Crippen LogP contribution in [0.1, 0.15) is 23.7 Å². The van der Waals surface area contributed by atoms with E-state index in [0.717, 1.165) is 11.3 Å². The summed E-state index contributed by atoms with van der Waals surface area (Å²) in [5.74, 6) is -0.369. The lowest BCUT2D eigenvalue weighted by Crippen LogP contribution is -2.35. The number of anilines is 1. The topological polar surface area (TPSA) is 71.1 Å². The van der Waals surface area contributed by atoms with Gasteiger partial charge >= 0.3 is 0 Å². The van der Waals surface area contributed by atoms with Crippen LogP contribution in [0.2, 0.25) is 0 Å². The highest BCUT2D eigenvalue weighted by Crippen LogP contribution is 2.24. The molecule has 3 aromatic rings. The van der Waals surface area contributed by atoms with E-state index in [1.807, 2.05) is 41.8 Å². The van der Waals surface area contributed by atoms with Crippen molar-refractivity contribution in [2.75, 3.05) is 5.32 Å². The van der Waals surface area contributed by atoms with Gasteiger partial charge in [-0.05, 0) is 19.1 Å². The second-order valence-corrected chi connectivity index (χ2v) is 6.75. The van der Waals surface area contributed by atoms with Gasteiger partial charge in [0.15, 0.2) is 5.13 Å². The van der Waals surface area contributed by atoms with Gasteiger partial charge < -0.3 is 10.6 Å². The van der Waals surface area contributed by atoms with Crippen LogP contribution in [-0.4, -0.2) is 22.8 Å². The molecule has 1 atom stereocenters. The molecule has 0 aliphatic rings. The molecule has 6 heteroatoms. The smallest absolute Gasteiger partial charge is 0.251 e. The first-order valence-corrected chi connectivity index (χ1v) is 9.16. The SMILES string of the molecule is CC(CC(=O)Nc1nc(-c2ccccc2)cs1)NC(=O)c1ccccc1. The molecule has 132 valence electrons. The van der Waals surface area contributed by atoms with Crippen molar-refractivity contribution in [3.8, 4) is 11.3 Å². The molecule has 0 bridgehead atoms. The Balaban J connectivity index is 1.52. The lowest BCUT2D eigenvalue weighted by atomic mass is 10.1. The van der Waals surface area contributed by atoms with E-state index in [9.17, 15) is 9.59 Å².